The number of aryl methyl sites for hydroxylation is 1. The molecule has 3 aromatic heterocycles. The molecule has 3 aromatic carbocycles. The largest absolute Gasteiger partial charge is 0.461 e. The van der Waals surface area contributed by atoms with E-state index in [0.29, 0.717) is 83.0 Å². The van der Waals surface area contributed by atoms with E-state index >= 15 is 13.2 Å². The minimum atomic E-state index is -0.869. The van der Waals surface area contributed by atoms with Gasteiger partial charge in [-0.2, -0.15) is 9.97 Å². The van der Waals surface area contributed by atoms with Gasteiger partial charge in [0.05, 0.1) is 27.5 Å². The second-order valence-corrected chi connectivity index (χ2v) is 24.5. The first kappa shape index (κ1) is 52.0. The number of likely N-dealkylation sites (tertiary alicyclic amines) is 2. The Hall–Kier alpha value is -7.08. The number of benzene rings is 3. The number of fused-ring (bicyclic) bond motifs is 6. The lowest BCUT2D eigenvalue weighted by Gasteiger charge is -2.56. The molecule has 6 aromatic rings. The van der Waals surface area contributed by atoms with Crippen molar-refractivity contribution in [2.24, 2.45) is 12.5 Å². The van der Waals surface area contributed by atoms with E-state index in [-0.39, 0.29) is 95.0 Å². The maximum absolute atomic E-state index is 17.2. The minimum Gasteiger partial charge on any atom is -0.461 e. The number of imide groups is 1. The van der Waals surface area contributed by atoms with Gasteiger partial charge in [-0.25, -0.2) is 22.8 Å². The number of ether oxygens (including phenoxy) is 2. The van der Waals surface area contributed by atoms with Crippen LogP contribution in [0.4, 0.5) is 23.8 Å². The maximum atomic E-state index is 17.2. The fourth-order valence-electron chi connectivity index (χ4n) is 15.7. The van der Waals surface area contributed by atoms with Crippen LogP contribution in [-0.4, -0.2) is 145 Å². The highest BCUT2D eigenvalue weighted by molar-refractivity contribution is 6.02. The summed E-state index contributed by atoms with van der Waals surface area (Å²) in [5.41, 5.74) is 1.49. The molecule has 2 bridgehead atoms. The number of aromatic nitrogens is 5. The lowest BCUT2D eigenvalue weighted by atomic mass is 9.59. The van der Waals surface area contributed by atoms with Gasteiger partial charge in [0.15, 0.2) is 5.82 Å². The fraction of sp³-hybridized carbons (Fsp3) is 0.525. The van der Waals surface area contributed by atoms with E-state index in [0.717, 1.165) is 96.7 Å². The van der Waals surface area contributed by atoms with Gasteiger partial charge in [0.1, 0.15) is 47.9 Å². The maximum Gasteiger partial charge on any atom is 0.409 e. The first-order valence-corrected chi connectivity index (χ1v) is 29.1. The number of piperazine rings is 1. The molecular weight excluding hydrogens is 1040 g/mol. The smallest absolute Gasteiger partial charge is 0.409 e. The number of halogens is 3. The Bertz CT molecular complexity index is 3660. The van der Waals surface area contributed by atoms with Crippen LogP contribution in [0.15, 0.2) is 53.5 Å². The molecule has 20 heteroatoms. The lowest BCUT2D eigenvalue weighted by molar-refractivity contribution is -0.135. The van der Waals surface area contributed by atoms with E-state index in [1.54, 1.807) is 37.5 Å². The van der Waals surface area contributed by atoms with Gasteiger partial charge in [-0.1, -0.05) is 30.2 Å². The number of amides is 3. The summed E-state index contributed by atoms with van der Waals surface area (Å²) < 4.78 is 63.8. The predicted molar refractivity (Wildman–Crippen MR) is 297 cm³/mol. The van der Waals surface area contributed by atoms with Crippen molar-refractivity contribution >= 4 is 56.4 Å². The molecule has 3 unspecified atom stereocenters. The van der Waals surface area contributed by atoms with E-state index in [4.69, 9.17) is 25.9 Å². The van der Waals surface area contributed by atoms with Crippen LogP contribution in [0.1, 0.15) is 113 Å². The first-order chi connectivity index (χ1) is 39.3. The summed E-state index contributed by atoms with van der Waals surface area (Å²) in [5.74, 6) is 0.505. The number of carbonyl (C=O) groups excluding carboxylic acids is 3. The average Bonchev–Trinajstić information content (AvgIpc) is 4.30. The van der Waals surface area contributed by atoms with Gasteiger partial charge >= 0.3 is 17.8 Å². The number of hydrogen-bond acceptors (Lipinski definition) is 13. The highest BCUT2D eigenvalue weighted by atomic mass is 19.1. The standard InChI is InChI=1S/C61H66F3N11O6/c1-3-41-45(62)11-8-36-6-4-7-42(51(36)41)53-52(64)54-44(30-65-53)55(73-31-37-9-10-38(32-73)66-37)69-57(68-54)81-34-61-17-5-21-74(61)39(14-18-61)33-80-59(79)72-24-19-60(20-25-72)28-40(29-60)71-22-15-35(16-23-71)43-26-48-49(27-46(43)63)75(58(78)70(48)2)47-12-13-50(76)67-56(47)77/h1,4,6-8,11,26-27,30,35,37-40,47,66H,5,9-10,12-25,28-29,31-34H2,2H3,(H,67,76,77)/t37?,38?,39-,47?,61-/m0/s1. The monoisotopic (exact) mass is 1110 g/mol. The van der Waals surface area contributed by atoms with E-state index < -0.39 is 29.3 Å². The number of carbonyl (C=O) groups is 3. The van der Waals surface area contributed by atoms with Gasteiger partial charge in [-0.05, 0) is 138 Å². The summed E-state index contributed by atoms with van der Waals surface area (Å²) in [6, 6.07) is 11.7. The zero-order valence-electron chi connectivity index (χ0n) is 45.5. The van der Waals surface area contributed by atoms with Crippen molar-refractivity contribution in [2.75, 3.05) is 63.9 Å². The normalized spacial score (nSPS) is 26.2. The zero-order valence-corrected chi connectivity index (χ0v) is 45.5. The summed E-state index contributed by atoms with van der Waals surface area (Å²) in [7, 11) is 1.64. The van der Waals surface area contributed by atoms with Crippen LogP contribution in [0.25, 0.3) is 44.0 Å². The van der Waals surface area contributed by atoms with Crippen LogP contribution in [0.3, 0.4) is 0 Å². The van der Waals surface area contributed by atoms with Gasteiger partial charge in [0, 0.05) is 87.0 Å². The minimum absolute atomic E-state index is 0.00183. The van der Waals surface area contributed by atoms with Crippen molar-refractivity contribution < 1.29 is 37.0 Å². The van der Waals surface area contributed by atoms with E-state index in [9.17, 15) is 19.2 Å². The van der Waals surface area contributed by atoms with Crippen LogP contribution in [0.5, 0.6) is 6.01 Å². The summed E-state index contributed by atoms with van der Waals surface area (Å²) >= 11 is 0. The Labute approximate surface area is 466 Å². The third kappa shape index (κ3) is 8.91. The Morgan fingerprint density at radius 3 is 2.43 bits per heavy atom. The zero-order chi connectivity index (χ0) is 55.5. The number of terminal acetylenes is 1. The van der Waals surface area contributed by atoms with Crippen LogP contribution in [0.2, 0.25) is 0 Å². The molecule has 1 spiro atoms. The summed E-state index contributed by atoms with van der Waals surface area (Å²) in [5, 5.41) is 7.53. The SMILES string of the molecule is C#Cc1c(F)ccc2cccc(-c3ncc4c(N5CC6CCC(C5)N6)nc(OC[C@@]56CCCN5[C@H](COC(=O)N5CCC7(CC5)CC(N5CCC(c8cc9c(cc8F)n(C8CCC(=O)NC8=O)c(=O)n9C)CC5)C7)CC6)nc4c3F)c12. The quantitative estimate of drug-likeness (QED) is 0.103. The number of nitrogens with zero attached hydrogens (tertiary/aromatic N) is 9. The Morgan fingerprint density at radius 1 is 0.877 bits per heavy atom. The highest BCUT2D eigenvalue weighted by Gasteiger charge is 2.52. The molecule has 5 atom stereocenters. The second-order valence-electron chi connectivity index (χ2n) is 24.5. The van der Waals surface area contributed by atoms with Crippen molar-refractivity contribution in [2.45, 2.75) is 132 Å². The molecule has 8 aliphatic rings. The van der Waals surface area contributed by atoms with E-state index in [1.165, 1.54) is 21.3 Å². The molecule has 17 nitrogen and oxygen atoms in total. The number of piperidine rings is 3. The van der Waals surface area contributed by atoms with E-state index in [1.807, 2.05) is 11.0 Å². The van der Waals surface area contributed by atoms with Crippen molar-refractivity contribution in [1.82, 2.24) is 49.4 Å². The number of rotatable bonds is 10. The predicted octanol–water partition coefficient (Wildman–Crippen LogP) is 7.45. The average molecular weight is 1110 g/mol. The molecule has 3 amide bonds. The van der Waals surface area contributed by atoms with Crippen molar-refractivity contribution in [3.05, 3.63) is 87.7 Å². The summed E-state index contributed by atoms with van der Waals surface area (Å²) in [4.78, 5) is 75.0. The molecule has 1 aliphatic carbocycles. The molecule has 7 aliphatic heterocycles. The second kappa shape index (κ2) is 20.1. The number of hydrogen-bond donors (Lipinski definition) is 2. The number of imidazole rings is 1. The fourth-order valence-corrected chi connectivity index (χ4v) is 15.7. The van der Waals surface area contributed by atoms with E-state index in [2.05, 4.69) is 36.2 Å². The summed E-state index contributed by atoms with van der Waals surface area (Å²) in [6.45, 7) is 5.83. The van der Waals surface area contributed by atoms with Crippen LogP contribution in [0, 0.1) is 35.2 Å². The molecule has 0 radical (unpaired) electrons. The van der Waals surface area contributed by atoms with Crippen LogP contribution in [-0.2, 0) is 21.4 Å². The molecule has 81 heavy (non-hydrogen) atoms. The van der Waals surface area contributed by atoms with Crippen LogP contribution >= 0.6 is 0 Å². The number of pyridine rings is 1. The highest BCUT2D eigenvalue weighted by Crippen LogP contribution is 2.52. The van der Waals surface area contributed by atoms with Gasteiger partial charge in [-0.3, -0.25) is 33.9 Å². The summed E-state index contributed by atoms with van der Waals surface area (Å²) in [6.07, 6.45) is 18.7. The van der Waals surface area contributed by atoms with Crippen LogP contribution < -0.4 is 26.0 Å². The molecule has 10 heterocycles. The van der Waals surface area contributed by atoms with Crippen molar-refractivity contribution in [3.8, 4) is 29.6 Å². The Balaban J connectivity index is 0.592. The van der Waals surface area contributed by atoms with Crippen molar-refractivity contribution in [1.29, 1.82) is 0 Å². The third-order valence-corrected chi connectivity index (χ3v) is 20.1. The van der Waals surface area contributed by atoms with Crippen molar-refractivity contribution in [3.63, 3.8) is 0 Å². The topological polar surface area (TPSA) is 172 Å². The Kier molecular flexibility index (Phi) is 12.9. The third-order valence-electron chi connectivity index (χ3n) is 20.1. The van der Waals surface area contributed by atoms with Gasteiger partial charge < -0.3 is 29.5 Å². The molecule has 7 saturated heterocycles. The molecule has 2 N–H and O–H groups in total. The van der Waals surface area contributed by atoms with Gasteiger partial charge in [-0.15, -0.1) is 6.42 Å². The first-order valence-electron chi connectivity index (χ1n) is 29.1. The molecule has 422 valence electrons. The Morgan fingerprint density at radius 2 is 1.67 bits per heavy atom. The molecule has 14 rings (SSSR count). The van der Waals surface area contributed by atoms with Gasteiger partial charge in [0.2, 0.25) is 11.8 Å². The molecule has 1 saturated carbocycles. The molecular formula is C61H66F3N11O6. The molecule has 8 fully saturated rings. The number of anilines is 1. The lowest BCUT2D eigenvalue weighted by Crippen LogP contribution is -2.56. The number of nitrogens with one attached hydrogen (secondary N) is 2. The van der Waals surface area contributed by atoms with Gasteiger partial charge in [0.25, 0.3) is 0 Å².